The highest BCUT2D eigenvalue weighted by molar-refractivity contribution is 6.07. The summed E-state index contributed by atoms with van der Waals surface area (Å²) in [5, 5.41) is 0. The van der Waals surface area contributed by atoms with Crippen LogP contribution >= 0.6 is 0 Å². The molecule has 0 aromatic heterocycles. The van der Waals surface area contributed by atoms with Crippen molar-refractivity contribution in [1.29, 1.82) is 0 Å². The van der Waals surface area contributed by atoms with Gasteiger partial charge in [0.05, 0.1) is 16.9 Å². The third-order valence-corrected chi connectivity index (χ3v) is 6.76. The van der Waals surface area contributed by atoms with E-state index >= 15 is 0 Å². The summed E-state index contributed by atoms with van der Waals surface area (Å²) < 4.78 is 28.9. The molecule has 2 aromatic rings. The summed E-state index contributed by atoms with van der Waals surface area (Å²) in [7, 11) is 0. The summed E-state index contributed by atoms with van der Waals surface area (Å²) in [6.07, 6.45) is 3.13. The zero-order valence-electron chi connectivity index (χ0n) is 30.3. The number of hydrogen-bond donors (Lipinski definition) is 0. The minimum Gasteiger partial charge on any atom is -0.490 e. The Bertz CT molecular complexity index is 1400. The molecule has 8 heteroatoms. The fraction of sp³-hybridized carbons (Fsp3) is 0.553. The van der Waals surface area contributed by atoms with E-state index in [0.29, 0.717) is 22.8 Å². The topological polar surface area (TPSA) is 97.4 Å². The average Bonchev–Trinajstić information content (AvgIpc) is 2.89. The monoisotopic (exact) mass is 638 g/mol. The SMILES string of the molecule is CC(C)Oc1c(/C=C/C(=O)c2ccc(OCOC(=O)C(C)(C)C)cc2)cc(C(C)(C)C)c(OCOC(=O)C(C)(C)C)c1C(C)(C)C. The molecule has 0 saturated carbocycles. The van der Waals surface area contributed by atoms with Crippen molar-refractivity contribution >= 4 is 23.8 Å². The highest BCUT2D eigenvalue weighted by atomic mass is 16.7. The third-order valence-electron chi connectivity index (χ3n) is 6.76. The summed E-state index contributed by atoms with van der Waals surface area (Å²) in [5.41, 5.74) is 0.835. The van der Waals surface area contributed by atoms with Gasteiger partial charge in [-0.25, -0.2) is 0 Å². The number of carbonyl (C=O) groups is 3. The average molecular weight is 639 g/mol. The molecule has 0 bridgehead atoms. The smallest absolute Gasteiger partial charge is 0.314 e. The molecule has 8 nitrogen and oxygen atoms in total. The number of allylic oxidation sites excluding steroid dienone is 1. The molecule has 0 unspecified atom stereocenters. The summed E-state index contributed by atoms with van der Waals surface area (Å²) >= 11 is 0. The summed E-state index contributed by atoms with van der Waals surface area (Å²) in [6.45, 7) is 26.6. The van der Waals surface area contributed by atoms with E-state index < -0.39 is 16.2 Å². The Labute approximate surface area is 275 Å². The third kappa shape index (κ3) is 10.9. The second-order valence-electron chi connectivity index (χ2n) is 15.8. The Morgan fingerprint density at radius 3 is 1.63 bits per heavy atom. The summed E-state index contributed by atoms with van der Waals surface area (Å²) in [6, 6.07) is 8.63. The van der Waals surface area contributed by atoms with E-state index in [0.717, 1.165) is 16.7 Å². The zero-order valence-corrected chi connectivity index (χ0v) is 30.3. The lowest BCUT2D eigenvalue weighted by molar-refractivity contribution is -0.160. The first-order chi connectivity index (χ1) is 20.9. The first-order valence-electron chi connectivity index (χ1n) is 15.7. The lowest BCUT2D eigenvalue weighted by Crippen LogP contribution is -2.27. The van der Waals surface area contributed by atoms with Crippen LogP contribution in [0.25, 0.3) is 6.08 Å². The Morgan fingerprint density at radius 2 is 1.20 bits per heavy atom. The molecular formula is C38H54O8. The first-order valence-corrected chi connectivity index (χ1v) is 15.7. The summed E-state index contributed by atoms with van der Waals surface area (Å²) in [5.74, 6) is 0.754. The van der Waals surface area contributed by atoms with Crippen molar-refractivity contribution in [3.8, 4) is 17.2 Å². The van der Waals surface area contributed by atoms with Gasteiger partial charge in [0.15, 0.2) is 5.78 Å². The van der Waals surface area contributed by atoms with Gasteiger partial charge in [-0.2, -0.15) is 0 Å². The number of esters is 2. The maximum Gasteiger partial charge on any atom is 0.314 e. The molecule has 2 rings (SSSR count). The van der Waals surface area contributed by atoms with Gasteiger partial charge in [-0.3, -0.25) is 14.4 Å². The van der Waals surface area contributed by atoms with Crippen molar-refractivity contribution in [3.05, 3.63) is 58.7 Å². The maximum absolute atomic E-state index is 13.3. The van der Waals surface area contributed by atoms with Crippen LogP contribution in [0.5, 0.6) is 17.2 Å². The predicted molar refractivity (Wildman–Crippen MR) is 181 cm³/mol. The zero-order chi connectivity index (χ0) is 35.3. The van der Waals surface area contributed by atoms with E-state index in [4.69, 9.17) is 23.7 Å². The molecule has 0 N–H and O–H groups in total. The van der Waals surface area contributed by atoms with Crippen molar-refractivity contribution in [2.75, 3.05) is 13.6 Å². The Balaban J connectivity index is 2.49. The molecule has 0 heterocycles. The second-order valence-corrected chi connectivity index (χ2v) is 15.8. The maximum atomic E-state index is 13.3. The van der Waals surface area contributed by atoms with Gasteiger partial charge in [0, 0.05) is 22.3 Å². The van der Waals surface area contributed by atoms with Gasteiger partial charge in [-0.15, -0.1) is 0 Å². The highest BCUT2D eigenvalue weighted by Gasteiger charge is 2.33. The van der Waals surface area contributed by atoms with Crippen LogP contribution in [0.15, 0.2) is 36.4 Å². The Morgan fingerprint density at radius 1 is 0.696 bits per heavy atom. The molecule has 0 spiro atoms. The molecule has 0 amide bonds. The molecule has 0 radical (unpaired) electrons. The van der Waals surface area contributed by atoms with E-state index in [1.54, 1.807) is 71.9 Å². The minimum absolute atomic E-state index is 0.161. The second kappa shape index (κ2) is 14.7. The van der Waals surface area contributed by atoms with Crippen molar-refractivity contribution < 1.29 is 38.1 Å². The van der Waals surface area contributed by atoms with Crippen molar-refractivity contribution in [1.82, 2.24) is 0 Å². The first kappa shape index (κ1) is 38.4. The molecule has 0 aliphatic carbocycles. The van der Waals surface area contributed by atoms with Crippen LogP contribution in [0, 0.1) is 10.8 Å². The number of rotatable bonds is 11. The van der Waals surface area contributed by atoms with E-state index in [-0.39, 0.29) is 42.8 Å². The molecule has 0 aliphatic rings. The Kier molecular flexibility index (Phi) is 12.3. The molecule has 46 heavy (non-hydrogen) atoms. The normalized spacial score (nSPS) is 12.7. The van der Waals surface area contributed by atoms with Crippen LogP contribution in [0.2, 0.25) is 0 Å². The van der Waals surface area contributed by atoms with Gasteiger partial charge in [-0.05, 0) is 109 Å². The number of ketones is 1. The van der Waals surface area contributed by atoms with E-state index in [1.807, 2.05) is 19.9 Å². The van der Waals surface area contributed by atoms with Gasteiger partial charge < -0.3 is 23.7 Å². The largest absolute Gasteiger partial charge is 0.490 e. The quantitative estimate of drug-likeness (QED) is 0.104. The lowest BCUT2D eigenvalue weighted by Gasteiger charge is -2.33. The van der Waals surface area contributed by atoms with E-state index in [2.05, 4.69) is 41.5 Å². The Hall–Kier alpha value is -3.81. The molecule has 0 atom stereocenters. The molecule has 254 valence electrons. The van der Waals surface area contributed by atoms with Gasteiger partial charge >= 0.3 is 11.9 Å². The number of benzene rings is 2. The van der Waals surface area contributed by atoms with E-state index in [9.17, 15) is 14.4 Å². The molecular weight excluding hydrogens is 584 g/mol. The van der Waals surface area contributed by atoms with Crippen molar-refractivity contribution in [2.45, 2.75) is 114 Å². The highest BCUT2D eigenvalue weighted by Crippen LogP contribution is 2.47. The van der Waals surface area contributed by atoms with Crippen LogP contribution in [-0.2, 0) is 29.9 Å². The van der Waals surface area contributed by atoms with Crippen LogP contribution < -0.4 is 14.2 Å². The van der Waals surface area contributed by atoms with Gasteiger partial charge in [0.25, 0.3) is 0 Å². The summed E-state index contributed by atoms with van der Waals surface area (Å²) in [4.78, 5) is 37.7. The molecule has 0 fully saturated rings. The number of hydrogen-bond acceptors (Lipinski definition) is 8. The minimum atomic E-state index is -0.662. The molecule has 0 saturated heterocycles. The van der Waals surface area contributed by atoms with Crippen LogP contribution in [0.1, 0.15) is 124 Å². The van der Waals surface area contributed by atoms with E-state index in [1.165, 1.54) is 6.08 Å². The van der Waals surface area contributed by atoms with Crippen molar-refractivity contribution in [2.24, 2.45) is 10.8 Å². The fourth-order valence-electron chi connectivity index (χ4n) is 4.25. The standard InChI is InChI=1S/C38H54O8/c1-24(2)46-31-26(17-20-29(39)25-15-18-27(19-16-25)42-22-44-33(40)37(9,10)11)21-28(35(3,4)5)32(30(31)36(6,7)8)43-23-45-34(41)38(12,13)14/h15-21,24H,22-23H2,1-14H3/b20-17+. The number of carbonyl (C=O) groups excluding carboxylic acids is 3. The van der Waals surface area contributed by atoms with Gasteiger partial charge in [-0.1, -0.05) is 41.5 Å². The fourth-order valence-corrected chi connectivity index (χ4v) is 4.25. The van der Waals surface area contributed by atoms with Crippen LogP contribution in [-0.4, -0.2) is 37.4 Å². The lowest BCUT2D eigenvalue weighted by atomic mass is 9.77. The van der Waals surface area contributed by atoms with Gasteiger partial charge in [0.1, 0.15) is 17.2 Å². The van der Waals surface area contributed by atoms with Crippen LogP contribution in [0.4, 0.5) is 0 Å². The number of ether oxygens (including phenoxy) is 5. The van der Waals surface area contributed by atoms with Gasteiger partial charge in [0.2, 0.25) is 13.6 Å². The molecule has 2 aromatic carbocycles. The van der Waals surface area contributed by atoms with Crippen LogP contribution in [0.3, 0.4) is 0 Å². The predicted octanol–water partition coefficient (Wildman–Crippen LogP) is 8.82. The van der Waals surface area contributed by atoms with Crippen molar-refractivity contribution in [3.63, 3.8) is 0 Å². The molecule has 0 aliphatic heterocycles.